The normalized spacial score (nSPS) is 10.8. The first-order chi connectivity index (χ1) is 12.2. The Morgan fingerprint density at radius 1 is 0.800 bits per heavy atom. The zero-order valence-corrected chi connectivity index (χ0v) is 13.1. The number of hydrogen-bond acceptors (Lipinski definition) is 3. The van der Waals surface area contributed by atoms with Crippen LogP contribution in [0.3, 0.4) is 0 Å². The molecule has 0 bridgehead atoms. The van der Waals surface area contributed by atoms with Gasteiger partial charge in [-0.3, -0.25) is 4.98 Å². The number of aromatic nitrogens is 2. The molecule has 1 N–H and O–H groups in total. The first kappa shape index (κ1) is 15.2. The zero-order chi connectivity index (χ0) is 17.2. The molecule has 0 aliphatic heterocycles. The third-order valence-electron chi connectivity index (χ3n) is 3.91. The number of benzene rings is 2. The summed E-state index contributed by atoms with van der Waals surface area (Å²) in [7, 11) is 0. The fourth-order valence-corrected chi connectivity index (χ4v) is 2.72. The van der Waals surface area contributed by atoms with Gasteiger partial charge in [0, 0.05) is 29.0 Å². The summed E-state index contributed by atoms with van der Waals surface area (Å²) in [6, 6.07) is 16.7. The van der Waals surface area contributed by atoms with Gasteiger partial charge in [0.15, 0.2) is 5.82 Å². The molecule has 2 heterocycles. The lowest BCUT2D eigenvalue weighted by atomic mass is 10.1. The van der Waals surface area contributed by atoms with Crippen LogP contribution in [-0.2, 0) is 0 Å². The molecular weight excluding hydrogens is 320 g/mol. The summed E-state index contributed by atoms with van der Waals surface area (Å²) in [5.74, 6) is -1.11. The molecule has 0 amide bonds. The second kappa shape index (κ2) is 6.28. The summed E-state index contributed by atoms with van der Waals surface area (Å²) in [6.45, 7) is 0. The summed E-state index contributed by atoms with van der Waals surface area (Å²) in [5.41, 5.74) is 1.63. The van der Waals surface area contributed by atoms with Crippen LogP contribution in [0, 0.1) is 11.6 Å². The number of fused-ring (bicyclic) bond motifs is 1. The van der Waals surface area contributed by atoms with Crippen molar-refractivity contribution in [2.45, 2.75) is 0 Å². The van der Waals surface area contributed by atoms with Crippen molar-refractivity contribution in [3.8, 4) is 11.3 Å². The molecule has 0 radical (unpaired) electrons. The maximum atomic E-state index is 15.2. The lowest BCUT2D eigenvalue weighted by molar-refractivity contribution is 0.615. The van der Waals surface area contributed by atoms with Crippen LogP contribution in [0.4, 0.5) is 20.2 Å². The minimum Gasteiger partial charge on any atom is -0.352 e. The molecule has 0 unspecified atom stereocenters. The monoisotopic (exact) mass is 333 g/mol. The molecule has 122 valence electrons. The van der Waals surface area contributed by atoms with Crippen LogP contribution in [0.2, 0.25) is 0 Å². The number of nitrogens with one attached hydrogen (secondary N) is 1. The maximum absolute atomic E-state index is 15.2. The number of para-hydroxylation sites is 1. The molecule has 2 aromatic carbocycles. The predicted molar refractivity (Wildman–Crippen MR) is 94.6 cm³/mol. The number of nitrogens with zero attached hydrogens (tertiary/aromatic N) is 2. The molecular formula is C20H13F2N3. The smallest absolute Gasteiger partial charge is 0.173 e. The Morgan fingerprint density at radius 3 is 2.32 bits per heavy atom. The SMILES string of the molecule is Fc1ccccc1-c1nc2ccccc2c(Nc2ccncc2)c1F. The Bertz CT molecular complexity index is 1050. The van der Waals surface area contributed by atoms with E-state index in [1.54, 1.807) is 48.8 Å². The fourth-order valence-electron chi connectivity index (χ4n) is 2.72. The van der Waals surface area contributed by atoms with Crippen LogP contribution in [0.15, 0.2) is 73.1 Å². The van der Waals surface area contributed by atoms with Gasteiger partial charge in [-0.2, -0.15) is 0 Å². The summed E-state index contributed by atoms with van der Waals surface area (Å²) >= 11 is 0. The van der Waals surface area contributed by atoms with E-state index in [0.717, 1.165) is 0 Å². The molecule has 3 nitrogen and oxygen atoms in total. The largest absolute Gasteiger partial charge is 0.352 e. The molecule has 4 aromatic rings. The second-order valence-corrected chi connectivity index (χ2v) is 5.51. The number of hydrogen-bond donors (Lipinski definition) is 1. The topological polar surface area (TPSA) is 37.8 Å². The van der Waals surface area contributed by atoms with Crippen molar-refractivity contribution >= 4 is 22.3 Å². The zero-order valence-electron chi connectivity index (χ0n) is 13.1. The number of pyridine rings is 2. The Balaban J connectivity index is 1.97. The van der Waals surface area contributed by atoms with Gasteiger partial charge >= 0.3 is 0 Å². The van der Waals surface area contributed by atoms with Crippen LogP contribution in [0.5, 0.6) is 0 Å². The van der Waals surface area contributed by atoms with Crippen LogP contribution >= 0.6 is 0 Å². The van der Waals surface area contributed by atoms with Crippen LogP contribution in [0.1, 0.15) is 0 Å². The Labute approximate surface area is 143 Å². The highest BCUT2D eigenvalue weighted by Crippen LogP contribution is 2.35. The number of halogens is 2. The standard InChI is InChI=1S/C20H13F2N3/c21-16-7-3-1-5-14(16)19-18(22)20(24-13-9-11-23-12-10-13)15-6-2-4-8-17(15)25-19/h1-12H,(H,23,24,25). The van der Waals surface area contributed by atoms with Gasteiger partial charge in [-0.05, 0) is 30.3 Å². The Morgan fingerprint density at radius 2 is 1.52 bits per heavy atom. The van der Waals surface area contributed by atoms with Crippen LogP contribution in [0.25, 0.3) is 22.2 Å². The predicted octanol–water partition coefficient (Wildman–Crippen LogP) is 5.32. The van der Waals surface area contributed by atoms with E-state index in [9.17, 15) is 4.39 Å². The van der Waals surface area contributed by atoms with Gasteiger partial charge in [-0.1, -0.05) is 30.3 Å². The molecule has 5 heteroatoms. The van der Waals surface area contributed by atoms with Gasteiger partial charge in [-0.25, -0.2) is 13.8 Å². The molecule has 0 fully saturated rings. The molecule has 4 rings (SSSR count). The van der Waals surface area contributed by atoms with E-state index in [1.165, 1.54) is 12.1 Å². The van der Waals surface area contributed by atoms with Gasteiger partial charge in [0.1, 0.15) is 11.5 Å². The summed E-state index contributed by atoms with van der Waals surface area (Å²) in [4.78, 5) is 8.29. The molecule has 0 atom stereocenters. The van der Waals surface area contributed by atoms with Crippen LogP contribution in [-0.4, -0.2) is 9.97 Å². The molecule has 0 saturated carbocycles. The molecule has 0 spiro atoms. The highest BCUT2D eigenvalue weighted by molar-refractivity contribution is 5.95. The van der Waals surface area contributed by atoms with Crippen molar-refractivity contribution in [2.75, 3.05) is 5.32 Å². The van der Waals surface area contributed by atoms with E-state index < -0.39 is 11.6 Å². The highest BCUT2D eigenvalue weighted by atomic mass is 19.1. The van der Waals surface area contributed by atoms with Crippen molar-refractivity contribution in [3.63, 3.8) is 0 Å². The van der Waals surface area contributed by atoms with Crippen molar-refractivity contribution in [1.82, 2.24) is 9.97 Å². The van der Waals surface area contributed by atoms with Gasteiger partial charge in [0.2, 0.25) is 0 Å². The molecule has 25 heavy (non-hydrogen) atoms. The van der Waals surface area contributed by atoms with E-state index in [0.29, 0.717) is 16.6 Å². The Kier molecular flexibility index (Phi) is 3.82. The van der Waals surface area contributed by atoms with Crippen LogP contribution < -0.4 is 5.32 Å². The lowest BCUT2D eigenvalue weighted by Gasteiger charge is -2.14. The average molecular weight is 333 g/mol. The third-order valence-corrected chi connectivity index (χ3v) is 3.91. The summed E-state index contributed by atoms with van der Waals surface area (Å²) in [6.07, 6.45) is 3.22. The first-order valence-corrected chi connectivity index (χ1v) is 7.74. The van der Waals surface area contributed by atoms with E-state index in [-0.39, 0.29) is 16.9 Å². The van der Waals surface area contributed by atoms with E-state index in [4.69, 9.17) is 0 Å². The maximum Gasteiger partial charge on any atom is 0.173 e. The molecule has 2 aromatic heterocycles. The van der Waals surface area contributed by atoms with Gasteiger partial charge < -0.3 is 5.32 Å². The Hall–Kier alpha value is -3.34. The lowest BCUT2D eigenvalue weighted by Crippen LogP contribution is -2.01. The minimum absolute atomic E-state index is 0.0200. The molecule has 0 saturated heterocycles. The minimum atomic E-state index is -0.597. The third kappa shape index (κ3) is 2.80. The highest BCUT2D eigenvalue weighted by Gasteiger charge is 2.18. The summed E-state index contributed by atoms with van der Waals surface area (Å²) in [5, 5.41) is 3.69. The van der Waals surface area contributed by atoms with Gasteiger partial charge in [0.05, 0.1) is 11.2 Å². The fraction of sp³-hybridized carbons (Fsp3) is 0. The van der Waals surface area contributed by atoms with Gasteiger partial charge in [0.25, 0.3) is 0 Å². The van der Waals surface area contributed by atoms with Crippen molar-refractivity contribution < 1.29 is 8.78 Å². The molecule has 0 aliphatic carbocycles. The molecule has 0 aliphatic rings. The van der Waals surface area contributed by atoms with E-state index in [1.807, 2.05) is 12.1 Å². The van der Waals surface area contributed by atoms with E-state index in [2.05, 4.69) is 15.3 Å². The van der Waals surface area contributed by atoms with Crippen molar-refractivity contribution in [3.05, 3.63) is 84.7 Å². The quantitative estimate of drug-likeness (QED) is 0.551. The van der Waals surface area contributed by atoms with Crippen molar-refractivity contribution in [1.29, 1.82) is 0 Å². The first-order valence-electron chi connectivity index (χ1n) is 7.74. The average Bonchev–Trinajstić information content (AvgIpc) is 2.65. The van der Waals surface area contributed by atoms with Crippen molar-refractivity contribution in [2.24, 2.45) is 0 Å². The van der Waals surface area contributed by atoms with E-state index >= 15 is 4.39 Å². The second-order valence-electron chi connectivity index (χ2n) is 5.51. The summed E-state index contributed by atoms with van der Waals surface area (Å²) < 4.78 is 29.4. The number of rotatable bonds is 3. The number of anilines is 2. The van der Waals surface area contributed by atoms with Gasteiger partial charge in [-0.15, -0.1) is 0 Å².